The molecule has 2 atom stereocenters. The molecule has 1 aliphatic heterocycles. The Kier molecular flexibility index (Phi) is 5.07. The van der Waals surface area contributed by atoms with Crippen LogP contribution in [0.2, 0.25) is 0 Å². The molecular formula is C13H19NS2. The van der Waals surface area contributed by atoms with Gasteiger partial charge >= 0.3 is 0 Å². The van der Waals surface area contributed by atoms with Gasteiger partial charge in [-0.3, -0.25) is 0 Å². The molecule has 1 aliphatic rings. The molecule has 0 saturated carbocycles. The molecule has 2 rings (SSSR count). The third kappa shape index (κ3) is 3.72. The van der Waals surface area contributed by atoms with Crippen LogP contribution in [0.5, 0.6) is 0 Å². The van der Waals surface area contributed by atoms with E-state index in [1.165, 1.54) is 22.8 Å². The second-order valence-electron chi connectivity index (χ2n) is 4.17. The summed E-state index contributed by atoms with van der Waals surface area (Å²) >= 11 is 4.11. The summed E-state index contributed by atoms with van der Waals surface area (Å²) in [5, 5.41) is 0.669. The monoisotopic (exact) mass is 253 g/mol. The molecular weight excluding hydrogens is 234 g/mol. The highest BCUT2D eigenvalue weighted by Crippen LogP contribution is 2.27. The molecule has 1 aromatic carbocycles. The van der Waals surface area contributed by atoms with Crippen molar-refractivity contribution in [3.05, 3.63) is 35.9 Å². The molecule has 3 heteroatoms. The van der Waals surface area contributed by atoms with Gasteiger partial charge in [-0.15, -0.1) is 0 Å². The molecule has 1 heterocycles. The van der Waals surface area contributed by atoms with Crippen LogP contribution >= 0.6 is 23.5 Å². The highest BCUT2D eigenvalue weighted by molar-refractivity contribution is 8.06. The third-order valence-corrected chi connectivity index (χ3v) is 5.87. The molecule has 0 aliphatic carbocycles. The number of hydrogen-bond donors (Lipinski definition) is 1. The zero-order chi connectivity index (χ0) is 11.2. The van der Waals surface area contributed by atoms with E-state index in [1.807, 2.05) is 0 Å². The Bertz CT molecular complexity index is 296. The molecule has 1 saturated heterocycles. The van der Waals surface area contributed by atoms with Crippen molar-refractivity contribution in [3.63, 3.8) is 0 Å². The SMILES string of the molecule is NC(CCc1ccccc1)C1CSCCS1. The lowest BCUT2D eigenvalue weighted by molar-refractivity contribution is 0.610. The summed E-state index contributed by atoms with van der Waals surface area (Å²) in [6.45, 7) is 0. The van der Waals surface area contributed by atoms with Crippen LogP contribution in [0.15, 0.2) is 30.3 Å². The van der Waals surface area contributed by atoms with Crippen LogP contribution in [0.3, 0.4) is 0 Å². The van der Waals surface area contributed by atoms with Gasteiger partial charge in [-0.1, -0.05) is 30.3 Å². The van der Waals surface area contributed by atoms with Gasteiger partial charge in [-0.2, -0.15) is 23.5 Å². The maximum Gasteiger partial charge on any atom is 0.0289 e. The number of hydrogen-bond acceptors (Lipinski definition) is 3. The molecule has 1 fully saturated rings. The minimum Gasteiger partial charge on any atom is -0.327 e. The minimum atomic E-state index is 0.359. The van der Waals surface area contributed by atoms with E-state index in [1.54, 1.807) is 0 Å². The first-order valence-corrected chi connectivity index (χ1v) is 8.05. The summed E-state index contributed by atoms with van der Waals surface area (Å²) in [5.74, 6) is 3.81. The van der Waals surface area contributed by atoms with Gasteiger partial charge in [-0.05, 0) is 18.4 Å². The van der Waals surface area contributed by atoms with E-state index in [0.717, 1.165) is 12.8 Å². The topological polar surface area (TPSA) is 26.0 Å². The largest absolute Gasteiger partial charge is 0.327 e. The summed E-state index contributed by atoms with van der Waals surface area (Å²) in [5.41, 5.74) is 7.67. The number of rotatable bonds is 4. The molecule has 0 radical (unpaired) electrons. The second-order valence-corrected chi connectivity index (χ2v) is 6.67. The summed E-state index contributed by atoms with van der Waals surface area (Å²) in [7, 11) is 0. The average Bonchev–Trinajstić information content (AvgIpc) is 2.38. The van der Waals surface area contributed by atoms with Crippen LogP contribution in [-0.4, -0.2) is 28.6 Å². The smallest absolute Gasteiger partial charge is 0.0289 e. The van der Waals surface area contributed by atoms with E-state index < -0.39 is 0 Å². The van der Waals surface area contributed by atoms with E-state index >= 15 is 0 Å². The maximum atomic E-state index is 6.26. The Balaban J connectivity index is 1.76. The highest BCUT2D eigenvalue weighted by atomic mass is 32.2. The summed E-state index contributed by atoms with van der Waals surface area (Å²) in [6.07, 6.45) is 2.23. The van der Waals surface area contributed by atoms with E-state index in [-0.39, 0.29) is 0 Å². The van der Waals surface area contributed by atoms with Crippen LogP contribution in [0.25, 0.3) is 0 Å². The van der Waals surface area contributed by atoms with Gasteiger partial charge in [0.15, 0.2) is 0 Å². The van der Waals surface area contributed by atoms with Gasteiger partial charge in [0, 0.05) is 28.6 Å². The fourth-order valence-corrected chi connectivity index (χ4v) is 4.78. The first-order chi connectivity index (χ1) is 7.86. The van der Waals surface area contributed by atoms with Crippen molar-refractivity contribution in [2.75, 3.05) is 17.3 Å². The molecule has 2 unspecified atom stereocenters. The molecule has 0 bridgehead atoms. The Hall–Kier alpha value is -0.120. The molecule has 0 amide bonds. The van der Waals surface area contributed by atoms with Crippen LogP contribution in [0.4, 0.5) is 0 Å². The van der Waals surface area contributed by atoms with E-state index in [2.05, 4.69) is 53.9 Å². The number of aryl methyl sites for hydroxylation is 1. The minimum absolute atomic E-state index is 0.359. The normalized spacial score (nSPS) is 22.9. The van der Waals surface area contributed by atoms with Crippen molar-refractivity contribution in [3.8, 4) is 0 Å². The molecule has 0 aromatic heterocycles. The molecule has 16 heavy (non-hydrogen) atoms. The Morgan fingerprint density at radius 2 is 2.06 bits per heavy atom. The predicted octanol–water partition coefficient (Wildman–Crippen LogP) is 2.80. The van der Waals surface area contributed by atoms with Crippen molar-refractivity contribution >= 4 is 23.5 Å². The lowest BCUT2D eigenvalue weighted by Gasteiger charge is -2.26. The first kappa shape index (κ1) is 12.3. The summed E-state index contributed by atoms with van der Waals surface area (Å²) in [4.78, 5) is 0. The Morgan fingerprint density at radius 3 is 2.75 bits per heavy atom. The van der Waals surface area contributed by atoms with Crippen LogP contribution in [0.1, 0.15) is 12.0 Å². The fraction of sp³-hybridized carbons (Fsp3) is 0.538. The Labute approximate surface area is 107 Å². The summed E-state index contributed by atoms with van der Waals surface area (Å²) < 4.78 is 0. The molecule has 1 aromatic rings. The highest BCUT2D eigenvalue weighted by Gasteiger charge is 2.20. The van der Waals surface area contributed by atoms with Gasteiger partial charge in [-0.25, -0.2) is 0 Å². The third-order valence-electron chi connectivity index (χ3n) is 2.93. The zero-order valence-corrected chi connectivity index (χ0v) is 11.1. The van der Waals surface area contributed by atoms with Crippen LogP contribution in [-0.2, 0) is 6.42 Å². The summed E-state index contributed by atoms with van der Waals surface area (Å²) in [6, 6.07) is 11.0. The lowest BCUT2D eigenvalue weighted by Crippen LogP contribution is -2.36. The first-order valence-electron chi connectivity index (χ1n) is 5.85. The van der Waals surface area contributed by atoms with Gasteiger partial charge in [0.25, 0.3) is 0 Å². The zero-order valence-electron chi connectivity index (χ0n) is 9.47. The maximum absolute atomic E-state index is 6.26. The second kappa shape index (κ2) is 6.58. The van der Waals surface area contributed by atoms with Gasteiger partial charge < -0.3 is 5.73 Å². The quantitative estimate of drug-likeness (QED) is 0.893. The van der Waals surface area contributed by atoms with Crippen LogP contribution in [0, 0.1) is 0 Å². The lowest BCUT2D eigenvalue weighted by atomic mass is 10.0. The van der Waals surface area contributed by atoms with Crippen LogP contribution < -0.4 is 5.73 Å². The fourth-order valence-electron chi connectivity index (χ4n) is 1.92. The molecule has 88 valence electrons. The van der Waals surface area contributed by atoms with Crippen molar-refractivity contribution in [2.45, 2.75) is 24.1 Å². The van der Waals surface area contributed by atoms with E-state index in [0.29, 0.717) is 11.3 Å². The van der Waals surface area contributed by atoms with Gasteiger partial charge in [0.05, 0.1) is 0 Å². The van der Waals surface area contributed by atoms with E-state index in [4.69, 9.17) is 5.73 Å². The van der Waals surface area contributed by atoms with Crippen molar-refractivity contribution < 1.29 is 0 Å². The average molecular weight is 253 g/mol. The molecule has 1 nitrogen and oxygen atoms in total. The molecule has 2 N–H and O–H groups in total. The van der Waals surface area contributed by atoms with Crippen molar-refractivity contribution in [2.24, 2.45) is 5.73 Å². The van der Waals surface area contributed by atoms with Gasteiger partial charge in [0.2, 0.25) is 0 Å². The number of benzene rings is 1. The Morgan fingerprint density at radius 1 is 1.25 bits per heavy atom. The standard InChI is InChI=1S/C13H19NS2/c14-12(13-10-15-8-9-16-13)7-6-11-4-2-1-3-5-11/h1-5,12-13H,6-10,14H2. The number of thioether (sulfide) groups is 2. The van der Waals surface area contributed by atoms with Crippen molar-refractivity contribution in [1.29, 1.82) is 0 Å². The molecule has 0 spiro atoms. The number of nitrogens with two attached hydrogens (primary N) is 1. The predicted molar refractivity (Wildman–Crippen MR) is 76.3 cm³/mol. The van der Waals surface area contributed by atoms with Gasteiger partial charge in [0.1, 0.15) is 0 Å². The van der Waals surface area contributed by atoms with Crippen molar-refractivity contribution in [1.82, 2.24) is 0 Å². The van der Waals surface area contributed by atoms with E-state index in [9.17, 15) is 0 Å².